The van der Waals surface area contributed by atoms with Gasteiger partial charge >= 0.3 is 5.97 Å². The summed E-state index contributed by atoms with van der Waals surface area (Å²) < 4.78 is 1.19. The maximum atomic E-state index is 11.9. The number of aliphatic carboxylic acids is 1. The summed E-state index contributed by atoms with van der Waals surface area (Å²) in [6.45, 7) is 1.82. The molecule has 0 saturated carbocycles. The van der Waals surface area contributed by atoms with Gasteiger partial charge in [0.25, 0.3) is 5.56 Å². The molecule has 2 heterocycles. The first-order valence-corrected chi connectivity index (χ1v) is 5.94. The van der Waals surface area contributed by atoms with Gasteiger partial charge in [0.2, 0.25) is 5.16 Å². The van der Waals surface area contributed by atoms with Gasteiger partial charge in [-0.2, -0.15) is 9.78 Å². The zero-order chi connectivity index (χ0) is 12.4. The molecule has 0 saturated heterocycles. The van der Waals surface area contributed by atoms with E-state index in [4.69, 9.17) is 5.11 Å². The van der Waals surface area contributed by atoms with E-state index in [-0.39, 0.29) is 24.1 Å². The molecule has 1 aliphatic heterocycles. The third-order valence-corrected chi connectivity index (χ3v) is 3.21. The predicted molar refractivity (Wildman–Crippen MR) is 61.5 cm³/mol. The van der Waals surface area contributed by atoms with Gasteiger partial charge in [-0.25, -0.2) is 0 Å². The molecule has 2 rings (SSSR count). The van der Waals surface area contributed by atoms with Crippen LogP contribution in [0.5, 0.6) is 0 Å². The maximum Gasteiger partial charge on any atom is 0.303 e. The average molecular weight is 254 g/mol. The Morgan fingerprint density at radius 1 is 1.53 bits per heavy atom. The van der Waals surface area contributed by atoms with E-state index in [1.54, 1.807) is 0 Å². The molecule has 1 aromatic heterocycles. The second kappa shape index (κ2) is 4.66. The van der Waals surface area contributed by atoms with Crippen LogP contribution in [0.2, 0.25) is 0 Å². The number of thioether (sulfide) groups is 1. The lowest BCUT2D eigenvalue weighted by atomic mass is 10.2. The molecule has 0 unspecified atom stereocenters. The zero-order valence-electron chi connectivity index (χ0n) is 9.08. The summed E-state index contributed by atoms with van der Waals surface area (Å²) in [5.41, 5.74) is 0.569. The molecule has 0 aromatic carbocycles. The highest BCUT2D eigenvalue weighted by Crippen LogP contribution is 2.17. The van der Waals surface area contributed by atoms with E-state index >= 15 is 0 Å². The van der Waals surface area contributed by atoms with Gasteiger partial charge < -0.3 is 5.11 Å². The van der Waals surface area contributed by atoms with Crippen LogP contribution in [0, 0.1) is 0 Å². The molecule has 8 heteroatoms. The van der Waals surface area contributed by atoms with Gasteiger partial charge in [0.15, 0.2) is 0 Å². The number of aryl methyl sites for hydroxylation is 1. The fraction of sp³-hybridized carbons (Fsp3) is 0.444. The summed E-state index contributed by atoms with van der Waals surface area (Å²) in [5.74, 6) is -0.286. The van der Waals surface area contributed by atoms with Gasteiger partial charge in [-0.15, -0.1) is 10.2 Å². The molecule has 0 bridgehead atoms. The van der Waals surface area contributed by atoms with E-state index in [0.717, 1.165) is 5.71 Å². The number of nitrogens with zero attached hydrogens (tertiary/aromatic N) is 4. The van der Waals surface area contributed by atoms with Crippen LogP contribution in [0.4, 0.5) is 0 Å². The Morgan fingerprint density at radius 2 is 2.29 bits per heavy atom. The number of carboxylic acids is 1. The summed E-state index contributed by atoms with van der Waals surface area (Å²) in [5, 5.41) is 20.7. The van der Waals surface area contributed by atoms with E-state index in [2.05, 4.69) is 15.3 Å². The van der Waals surface area contributed by atoms with Crippen molar-refractivity contribution in [2.45, 2.75) is 24.9 Å². The summed E-state index contributed by atoms with van der Waals surface area (Å²) in [6, 6.07) is 0. The van der Waals surface area contributed by atoms with Crippen molar-refractivity contribution in [3.05, 3.63) is 16.0 Å². The van der Waals surface area contributed by atoms with Crippen LogP contribution in [0.25, 0.3) is 0 Å². The van der Waals surface area contributed by atoms with Gasteiger partial charge in [-0.1, -0.05) is 11.8 Å². The van der Waals surface area contributed by atoms with Gasteiger partial charge in [0.05, 0.1) is 6.42 Å². The van der Waals surface area contributed by atoms with Crippen LogP contribution in [-0.2, 0) is 11.2 Å². The summed E-state index contributed by atoms with van der Waals surface area (Å²) >= 11 is 1.39. The van der Waals surface area contributed by atoms with E-state index in [0.29, 0.717) is 10.9 Å². The summed E-state index contributed by atoms with van der Waals surface area (Å²) in [4.78, 5) is 22.4. The molecule has 0 fully saturated rings. The monoisotopic (exact) mass is 254 g/mol. The highest BCUT2D eigenvalue weighted by molar-refractivity contribution is 7.99. The Bertz CT molecular complexity index is 552. The minimum Gasteiger partial charge on any atom is -0.481 e. The van der Waals surface area contributed by atoms with Gasteiger partial charge in [0, 0.05) is 17.9 Å². The van der Waals surface area contributed by atoms with Crippen molar-refractivity contribution in [1.82, 2.24) is 14.9 Å². The van der Waals surface area contributed by atoms with E-state index in [9.17, 15) is 9.59 Å². The second-order valence-corrected chi connectivity index (χ2v) is 4.51. The predicted octanol–water partition coefficient (Wildman–Crippen LogP) is -0.0148. The van der Waals surface area contributed by atoms with E-state index in [1.165, 1.54) is 16.4 Å². The molecule has 7 nitrogen and oxygen atoms in total. The summed E-state index contributed by atoms with van der Waals surface area (Å²) in [6.07, 6.45) is -0.0697. The third kappa shape index (κ3) is 2.52. The molecule has 0 amide bonds. The minimum atomic E-state index is -0.969. The van der Waals surface area contributed by atoms with Crippen molar-refractivity contribution in [3.8, 4) is 0 Å². The molecule has 1 aliphatic rings. The van der Waals surface area contributed by atoms with Crippen LogP contribution < -0.4 is 5.56 Å². The second-order valence-electron chi connectivity index (χ2n) is 3.56. The number of hydrogen-bond acceptors (Lipinski definition) is 6. The van der Waals surface area contributed by atoms with Crippen molar-refractivity contribution >= 4 is 23.4 Å². The highest BCUT2D eigenvalue weighted by Gasteiger charge is 2.16. The first kappa shape index (κ1) is 11.8. The van der Waals surface area contributed by atoms with Crippen LogP contribution in [0.1, 0.15) is 19.0 Å². The van der Waals surface area contributed by atoms with Crippen LogP contribution in [-0.4, -0.2) is 37.4 Å². The number of hydrogen-bond donors (Lipinski definition) is 1. The van der Waals surface area contributed by atoms with Gasteiger partial charge in [-0.3, -0.25) is 9.59 Å². The van der Waals surface area contributed by atoms with Gasteiger partial charge in [0.1, 0.15) is 5.69 Å². The summed E-state index contributed by atoms with van der Waals surface area (Å²) in [7, 11) is 0. The van der Waals surface area contributed by atoms with Gasteiger partial charge in [-0.05, 0) is 6.92 Å². The van der Waals surface area contributed by atoms with E-state index < -0.39 is 5.97 Å². The lowest BCUT2D eigenvalue weighted by molar-refractivity contribution is -0.136. The quantitative estimate of drug-likeness (QED) is 0.814. The molecule has 0 aliphatic carbocycles. The number of fused-ring (bicyclic) bond motifs is 1. The Hall–Kier alpha value is -1.70. The fourth-order valence-corrected chi connectivity index (χ4v) is 2.07. The SMILES string of the molecule is CC1=Nn2c(nnc(CCC(=O)O)c2=O)SC1. The highest BCUT2D eigenvalue weighted by atomic mass is 32.2. The Morgan fingerprint density at radius 3 is 3.00 bits per heavy atom. The molecule has 17 heavy (non-hydrogen) atoms. The first-order chi connectivity index (χ1) is 8.08. The molecular formula is C9H10N4O3S. The Balaban J connectivity index is 2.36. The Kier molecular flexibility index (Phi) is 3.23. The lowest BCUT2D eigenvalue weighted by Crippen LogP contribution is -2.29. The third-order valence-electron chi connectivity index (χ3n) is 2.13. The molecular weight excluding hydrogens is 244 g/mol. The molecule has 90 valence electrons. The van der Waals surface area contributed by atoms with Crippen LogP contribution >= 0.6 is 11.8 Å². The number of carboxylic acid groups (broad SMARTS) is 1. The fourth-order valence-electron chi connectivity index (χ4n) is 1.33. The van der Waals surface area contributed by atoms with Crippen LogP contribution in [0.15, 0.2) is 15.1 Å². The topological polar surface area (TPSA) is 97.4 Å². The van der Waals surface area contributed by atoms with Crippen molar-refractivity contribution in [1.29, 1.82) is 0 Å². The number of carbonyl (C=O) groups is 1. The Labute approximate surface area is 101 Å². The smallest absolute Gasteiger partial charge is 0.303 e. The van der Waals surface area contributed by atoms with Crippen molar-refractivity contribution in [2.24, 2.45) is 5.10 Å². The standard InChI is InChI=1S/C9H10N4O3S/c1-5-4-17-9-11-10-6(2-3-7(14)15)8(16)13(9)12-5/h2-4H2,1H3,(H,14,15). The average Bonchev–Trinajstić information content (AvgIpc) is 2.29. The largest absolute Gasteiger partial charge is 0.481 e. The molecule has 1 aromatic rings. The number of rotatable bonds is 3. The molecule has 0 spiro atoms. The molecule has 1 N–H and O–H groups in total. The van der Waals surface area contributed by atoms with Crippen molar-refractivity contribution in [3.63, 3.8) is 0 Å². The van der Waals surface area contributed by atoms with Crippen molar-refractivity contribution in [2.75, 3.05) is 5.75 Å². The lowest BCUT2D eigenvalue weighted by Gasteiger charge is -2.12. The van der Waals surface area contributed by atoms with E-state index in [1.807, 2.05) is 6.92 Å². The zero-order valence-corrected chi connectivity index (χ0v) is 9.90. The minimum absolute atomic E-state index is 0.0701. The first-order valence-electron chi connectivity index (χ1n) is 4.95. The molecule has 0 atom stereocenters. The van der Waals surface area contributed by atoms with Crippen molar-refractivity contribution < 1.29 is 9.90 Å². The number of aromatic nitrogens is 3. The molecule has 0 radical (unpaired) electrons. The van der Waals surface area contributed by atoms with Crippen LogP contribution in [0.3, 0.4) is 0 Å². The maximum absolute atomic E-state index is 11.9. The normalized spacial score (nSPS) is 14.1.